The monoisotopic (exact) mass is 415 g/mol. The molecule has 150 valence electrons. The normalized spacial score (nSPS) is 11.7. The van der Waals surface area contributed by atoms with Crippen LogP contribution < -0.4 is 15.5 Å². The van der Waals surface area contributed by atoms with Gasteiger partial charge in [-0.2, -0.15) is 0 Å². The van der Waals surface area contributed by atoms with Crippen molar-refractivity contribution in [3.05, 3.63) is 75.1 Å². The number of carbonyl (C=O) groups is 2. The van der Waals surface area contributed by atoms with Crippen LogP contribution in [0.5, 0.6) is 5.75 Å². The lowest BCUT2D eigenvalue weighted by atomic mass is 10.2. The minimum absolute atomic E-state index is 0.200. The molecule has 8 heteroatoms. The maximum absolute atomic E-state index is 12.3. The van der Waals surface area contributed by atoms with E-state index in [2.05, 4.69) is 5.32 Å². The lowest BCUT2D eigenvalue weighted by Crippen LogP contribution is -2.35. The molecule has 0 spiro atoms. The van der Waals surface area contributed by atoms with Gasteiger partial charge in [0.25, 0.3) is 5.91 Å². The summed E-state index contributed by atoms with van der Waals surface area (Å²) in [6.07, 6.45) is -1.08. The van der Waals surface area contributed by atoms with E-state index in [0.29, 0.717) is 10.8 Å². The van der Waals surface area contributed by atoms with Gasteiger partial charge in [-0.3, -0.25) is 9.59 Å². The Morgan fingerprint density at radius 1 is 1.14 bits per heavy atom. The van der Waals surface area contributed by atoms with Crippen LogP contribution in [0, 0.1) is 0 Å². The highest BCUT2D eigenvalue weighted by Gasteiger charge is 2.21. The van der Waals surface area contributed by atoms with E-state index in [9.17, 15) is 14.4 Å². The number of halogens is 1. The van der Waals surface area contributed by atoms with E-state index >= 15 is 0 Å². The summed E-state index contributed by atoms with van der Waals surface area (Å²) in [5.74, 6) is -0.976. The third-order valence-corrected chi connectivity index (χ3v) is 4.40. The van der Waals surface area contributed by atoms with E-state index in [4.69, 9.17) is 25.5 Å². The Labute approximate surface area is 171 Å². The average Bonchev–Trinajstić information content (AvgIpc) is 2.72. The minimum atomic E-state index is -1.08. The van der Waals surface area contributed by atoms with Gasteiger partial charge >= 0.3 is 5.97 Å². The summed E-state index contributed by atoms with van der Waals surface area (Å²) < 4.78 is 15.6. The van der Waals surface area contributed by atoms with Gasteiger partial charge in [-0.1, -0.05) is 23.7 Å². The molecule has 1 amide bonds. The van der Waals surface area contributed by atoms with Gasteiger partial charge in [-0.05, 0) is 42.8 Å². The van der Waals surface area contributed by atoms with Gasteiger partial charge in [0.05, 0.1) is 12.5 Å². The Kier molecular flexibility index (Phi) is 6.19. The molecule has 1 heterocycles. The summed E-state index contributed by atoms with van der Waals surface area (Å²) >= 11 is 5.86. The Bertz CT molecular complexity index is 1110. The number of methoxy groups -OCH3 is 1. The fourth-order valence-electron chi connectivity index (χ4n) is 2.58. The number of hydrogen-bond donors (Lipinski definition) is 1. The first-order valence-electron chi connectivity index (χ1n) is 8.72. The van der Waals surface area contributed by atoms with E-state index in [1.54, 1.807) is 19.2 Å². The van der Waals surface area contributed by atoms with Crippen LogP contribution in [0.25, 0.3) is 11.0 Å². The molecule has 0 fully saturated rings. The smallest absolute Gasteiger partial charge is 0.375 e. The summed E-state index contributed by atoms with van der Waals surface area (Å²) in [6, 6.07) is 12.7. The summed E-state index contributed by atoms with van der Waals surface area (Å²) in [7, 11) is 1.57. The highest BCUT2D eigenvalue weighted by atomic mass is 35.5. The molecule has 0 radical (unpaired) electrons. The number of benzene rings is 2. The predicted octanol–water partition coefficient (Wildman–Crippen LogP) is 3.32. The summed E-state index contributed by atoms with van der Waals surface area (Å²) in [4.78, 5) is 36.7. The van der Waals surface area contributed by atoms with Gasteiger partial charge in [-0.25, -0.2) is 4.79 Å². The van der Waals surface area contributed by atoms with Gasteiger partial charge < -0.3 is 19.2 Å². The van der Waals surface area contributed by atoms with Crippen molar-refractivity contribution in [2.45, 2.75) is 19.6 Å². The number of rotatable bonds is 6. The van der Waals surface area contributed by atoms with Gasteiger partial charge in [-0.15, -0.1) is 0 Å². The van der Waals surface area contributed by atoms with Gasteiger partial charge in [0.2, 0.25) is 5.76 Å². The molecule has 2 aromatic carbocycles. The number of carbonyl (C=O) groups excluding carboxylic acids is 2. The molecule has 29 heavy (non-hydrogen) atoms. The highest BCUT2D eigenvalue weighted by Crippen LogP contribution is 2.18. The maximum atomic E-state index is 12.3. The number of esters is 1. The zero-order valence-corrected chi connectivity index (χ0v) is 16.5. The molecule has 0 bridgehead atoms. The van der Waals surface area contributed by atoms with Crippen molar-refractivity contribution in [1.29, 1.82) is 0 Å². The highest BCUT2D eigenvalue weighted by molar-refractivity contribution is 6.31. The molecule has 1 aromatic heterocycles. The second kappa shape index (κ2) is 8.79. The van der Waals surface area contributed by atoms with Crippen LogP contribution in [0.15, 0.2) is 57.7 Å². The molecule has 3 rings (SSSR count). The topological polar surface area (TPSA) is 94.8 Å². The van der Waals surface area contributed by atoms with E-state index in [1.165, 1.54) is 25.1 Å². The number of amides is 1. The molecule has 0 aliphatic heterocycles. The first-order valence-corrected chi connectivity index (χ1v) is 9.10. The van der Waals surface area contributed by atoms with Crippen molar-refractivity contribution >= 4 is 34.4 Å². The Morgan fingerprint density at radius 3 is 2.55 bits per heavy atom. The first-order chi connectivity index (χ1) is 13.9. The molecule has 0 aliphatic rings. The fourth-order valence-corrected chi connectivity index (χ4v) is 2.75. The lowest BCUT2D eigenvalue weighted by molar-refractivity contribution is -0.129. The number of nitrogens with one attached hydrogen (secondary N) is 1. The Morgan fingerprint density at radius 2 is 1.86 bits per heavy atom. The van der Waals surface area contributed by atoms with Crippen LogP contribution in [-0.4, -0.2) is 25.1 Å². The largest absolute Gasteiger partial charge is 0.497 e. The summed E-state index contributed by atoms with van der Waals surface area (Å²) in [5, 5.41) is 3.30. The third kappa shape index (κ3) is 4.94. The zero-order valence-electron chi connectivity index (χ0n) is 15.7. The summed E-state index contributed by atoms with van der Waals surface area (Å²) in [6.45, 7) is 1.69. The molecule has 1 atom stereocenters. The van der Waals surface area contributed by atoms with Crippen molar-refractivity contribution in [2.24, 2.45) is 0 Å². The van der Waals surface area contributed by atoms with Gasteiger partial charge in [0, 0.05) is 17.6 Å². The number of fused-ring (bicyclic) bond motifs is 1. The molecule has 0 aliphatic carbocycles. The van der Waals surface area contributed by atoms with Crippen LogP contribution in [0.1, 0.15) is 23.0 Å². The van der Waals surface area contributed by atoms with Crippen LogP contribution in [0.3, 0.4) is 0 Å². The predicted molar refractivity (Wildman–Crippen MR) is 107 cm³/mol. The van der Waals surface area contributed by atoms with E-state index in [-0.39, 0.29) is 23.3 Å². The second-order valence-corrected chi connectivity index (χ2v) is 6.67. The second-order valence-electron chi connectivity index (χ2n) is 6.23. The molecule has 7 nitrogen and oxygen atoms in total. The molecular weight excluding hydrogens is 398 g/mol. The van der Waals surface area contributed by atoms with Gasteiger partial charge in [0.15, 0.2) is 11.5 Å². The van der Waals surface area contributed by atoms with Crippen molar-refractivity contribution in [1.82, 2.24) is 5.32 Å². The quantitative estimate of drug-likeness (QED) is 0.620. The van der Waals surface area contributed by atoms with Crippen molar-refractivity contribution < 1.29 is 23.5 Å². The molecule has 3 aromatic rings. The van der Waals surface area contributed by atoms with E-state index in [1.807, 2.05) is 12.1 Å². The van der Waals surface area contributed by atoms with Crippen LogP contribution in [-0.2, 0) is 16.1 Å². The molecule has 0 saturated carbocycles. The zero-order chi connectivity index (χ0) is 21.0. The van der Waals surface area contributed by atoms with E-state index < -0.39 is 23.4 Å². The van der Waals surface area contributed by atoms with Crippen LogP contribution >= 0.6 is 11.6 Å². The molecule has 1 N–H and O–H groups in total. The SMILES string of the molecule is COc1ccc(CNC(=O)[C@H](C)OC(=O)c2cc(=O)c3cc(Cl)ccc3o2)cc1. The van der Waals surface area contributed by atoms with Gasteiger partial charge in [0.1, 0.15) is 11.3 Å². The number of ether oxygens (including phenoxy) is 2. The van der Waals surface area contributed by atoms with Crippen molar-refractivity contribution in [3.8, 4) is 5.75 Å². The summed E-state index contributed by atoms with van der Waals surface area (Å²) in [5.41, 5.74) is 0.625. The van der Waals surface area contributed by atoms with Crippen LogP contribution in [0.4, 0.5) is 0 Å². The lowest BCUT2D eigenvalue weighted by Gasteiger charge is -2.13. The minimum Gasteiger partial charge on any atom is -0.497 e. The molecule has 0 saturated heterocycles. The standard InChI is InChI=1S/C21H18ClNO6/c1-12(20(25)23-11-13-3-6-15(27-2)7-4-13)28-21(26)19-10-17(24)16-9-14(22)5-8-18(16)29-19/h3-10,12H,11H2,1-2H3,(H,23,25)/t12-/m0/s1. The fraction of sp³-hybridized carbons (Fsp3) is 0.190. The van der Waals surface area contributed by atoms with E-state index in [0.717, 1.165) is 11.6 Å². The van der Waals surface area contributed by atoms with Crippen LogP contribution in [0.2, 0.25) is 5.02 Å². The molecular formula is C21H18ClNO6. The average molecular weight is 416 g/mol. The Balaban J connectivity index is 1.63. The van der Waals surface area contributed by atoms with Crippen molar-refractivity contribution in [2.75, 3.05) is 7.11 Å². The Hall–Kier alpha value is -3.32. The molecule has 0 unspecified atom stereocenters. The first kappa shape index (κ1) is 20.4. The van der Waals surface area contributed by atoms with Crippen molar-refractivity contribution in [3.63, 3.8) is 0 Å². The maximum Gasteiger partial charge on any atom is 0.375 e. The third-order valence-electron chi connectivity index (χ3n) is 4.17. The number of hydrogen-bond acceptors (Lipinski definition) is 6.